The number of furan rings is 1. The van der Waals surface area contributed by atoms with Gasteiger partial charge in [-0.05, 0) is 43.2 Å². The Balaban J connectivity index is 1.66. The summed E-state index contributed by atoms with van der Waals surface area (Å²) < 4.78 is 12.6. The van der Waals surface area contributed by atoms with Gasteiger partial charge in [-0.1, -0.05) is 30.4 Å². The van der Waals surface area contributed by atoms with Gasteiger partial charge in [-0.2, -0.15) is 14.6 Å². The second-order valence-corrected chi connectivity index (χ2v) is 7.60. The second kappa shape index (κ2) is 8.00. The Hall–Kier alpha value is -3.26. The molecule has 8 heteroatoms. The van der Waals surface area contributed by atoms with E-state index in [9.17, 15) is 9.59 Å². The first kappa shape index (κ1) is 19.1. The number of thiazole rings is 1. The van der Waals surface area contributed by atoms with Gasteiger partial charge in [-0.3, -0.25) is 9.59 Å². The number of aromatic nitrogens is 3. The van der Waals surface area contributed by atoms with Crippen LogP contribution in [0.15, 0.2) is 50.4 Å². The minimum Gasteiger partial charge on any atom is -0.494 e. The molecule has 0 amide bonds. The summed E-state index contributed by atoms with van der Waals surface area (Å²) in [7, 11) is 0. The number of ether oxygens (including phenoxy) is 1. The van der Waals surface area contributed by atoms with E-state index in [1.54, 1.807) is 12.1 Å². The molecule has 4 aromatic rings. The standard InChI is InChI=1S/C21H19N3O4S/c1-3-10-27-15-8-5-14(6-9-15)11-17-19(25)22-21-24(23-17)20(26)18(29-21)12-16-7-4-13(2)28-16/h4-9,12H,3,10-11H2,1-2H3/b18-12-. The van der Waals surface area contributed by atoms with Crippen molar-refractivity contribution >= 4 is 22.4 Å². The summed E-state index contributed by atoms with van der Waals surface area (Å²) in [5.41, 5.74) is 0.356. The highest BCUT2D eigenvalue weighted by Gasteiger charge is 2.12. The molecule has 3 heterocycles. The lowest BCUT2D eigenvalue weighted by Gasteiger charge is -2.05. The molecule has 0 fully saturated rings. The van der Waals surface area contributed by atoms with E-state index in [0.717, 1.165) is 34.8 Å². The number of hydrogen-bond acceptors (Lipinski definition) is 7. The van der Waals surface area contributed by atoms with Crippen molar-refractivity contribution in [3.05, 3.63) is 84.4 Å². The van der Waals surface area contributed by atoms with Crippen LogP contribution in [0.5, 0.6) is 5.75 Å². The van der Waals surface area contributed by atoms with Crippen molar-refractivity contribution in [3.8, 4) is 5.75 Å². The van der Waals surface area contributed by atoms with E-state index in [4.69, 9.17) is 9.15 Å². The van der Waals surface area contributed by atoms with Gasteiger partial charge in [0.25, 0.3) is 11.1 Å². The summed E-state index contributed by atoms with van der Waals surface area (Å²) in [6, 6.07) is 11.1. The van der Waals surface area contributed by atoms with Crippen molar-refractivity contribution < 1.29 is 9.15 Å². The Morgan fingerprint density at radius 3 is 2.66 bits per heavy atom. The molecule has 0 aliphatic heterocycles. The van der Waals surface area contributed by atoms with Gasteiger partial charge in [-0.25, -0.2) is 0 Å². The first-order valence-electron chi connectivity index (χ1n) is 9.26. The fourth-order valence-corrected chi connectivity index (χ4v) is 3.71. The van der Waals surface area contributed by atoms with Crippen molar-refractivity contribution in [1.29, 1.82) is 0 Å². The van der Waals surface area contributed by atoms with E-state index in [-0.39, 0.29) is 22.6 Å². The molecule has 1 aromatic carbocycles. The van der Waals surface area contributed by atoms with Crippen molar-refractivity contribution in [1.82, 2.24) is 14.6 Å². The highest BCUT2D eigenvalue weighted by Crippen LogP contribution is 2.14. The summed E-state index contributed by atoms with van der Waals surface area (Å²) in [5, 5.41) is 4.27. The van der Waals surface area contributed by atoms with E-state index >= 15 is 0 Å². The predicted molar refractivity (Wildman–Crippen MR) is 111 cm³/mol. The van der Waals surface area contributed by atoms with E-state index < -0.39 is 5.56 Å². The van der Waals surface area contributed by atoms with Crippen LogP contribution in [0.2, 0.25) is 0 Å². The minimum absolute atomic E-state index is 0.222. The summed E-state index contributed by atoms with van der Waals surface area (Å²) in [5.74, 6) is 2.10. The highest BCUT2D eigenvalue weighted by molar-refractivity contribution is 7.15. The van der Waals surface area contributed by atoms with E-state index in [1.165, 1.54) is 4.52 Å². The molecular weight excluding hydrogens is 390 g/mol. The summed E-state index contributed by atoms with van der Waals surface area (Å²) in [6.07, 6.45) is 2.86. The van der Waals surface area contributed by atoms with Crippen LogP contribution in [0.25, 0.3) is 11.0 Å². The molecule has 0 saturated carbocycles. The summed E-state index contributed by atoms with van der Waals surface area (Å²) >= 11 is 1.11. The maximum atomic E-state index is 12.7. The molecule has 0 atom stereocenters. The number of nitrogens with zero attached hydrogens (tertiary/aromatic N) is 3. The lowest BCUT2D eigenvalue weighted by molar-refractivity contribution is 0.317. The Morgan fingerprint density at radius 1 is 1.17 bits per heavy atom. The third-order valence-corrected chi connectivity index (χ3v) is 5.21. The van der Waals surface area contributed by atoms with Crippen LogP contribution < -0.4 is 20.4 Å². The zero-order valence-electron chi connectivity index (χ0n) is 16.0. The molecule has 29 heavy (non-hydrogen) atoms. The van der Waals surface area contributed by atoms with Crippen molar-refractivity contribution in [2.45, 2.75) is 26.7 Å². The average Bonchev–Trinajstić information content (AvgIpc) is 3.25. The zero-order chi connectivity index (χ0) is 20.4. The molecule has 0 aliphatic rings. The number of benzene rings is 1. The first-order valence-corrected chi connectivity index (χ1v) is 10.1. The minimum atomic E-state index is -0.432. The third kappa shape index (κ3) is 4.12. The average molecular weight is 409 g/mol. The molecule has 0 N–H and O–H groups in total. The molecule has 0 saturated heterocycles. The molecule has 0 spiro atoms. The molecule has 148 valence electrons. The normalized spacial score (nSPS) is 12.0. The summed E-state index contributed by atoms with van der Waals surface area (Å²) in [6.45, 7) is 4.53. The molecule has 0 bridgehead atoms. The van der Waals surface area contributed by atoms with Crippen molar-refractivity contribution in [2.24, 2.45) is 0 Å². The zero-order valence-corrected chi connectivity index (χ0v) is 16.9. The van der Waals surface area contributed by atoms with Crippen LogP contribution in [-0.2, 0) is 6.42 Å². The van der Waals surface area contributed by atoms with Crippen LogP contribution in [0.1, 0.15) is 36.1 Å². The maximum Gasteiger partial charge on any atom is 0.296 e. The van der Waals surface area contributed by atoms with Gasteiger partial charge in [0, 0.05) is 12.5 Å². The van der Waals surface area contributed by atoms with E-state index in [2.05, 4.69) is 10.1 Å². The van der Waals surface area contributed by atoms with Gasteiger partial charge in [-0.15, -0.1) is 0 Å². The van der Waals surface area contributed by atoms with Gasteiger partial charge in [0.2, 0.25) is 4.96 Å². The van der Waals surface area contributed by atoms with Gasteiger partial charge in [0.15, 0.2) is 0 Å². The Bertz CT molecular complexity index is 1320. The second-order valence-electron chi connectivity index (χ2n) is 6.59. The van der Waals surface area contributed by atoms with Crippen molar-refractivity contribution in [2.75, 3.05) is 6.61 Å². The first-order chi connectivity index (χ1) is 14.0. The molecule has 7 nitrogen and oxygen atoms in total. The van der Waals surface area contributed by atoms with Crippen LogP contribution in [0.3, 0.4) is 0 Å². The lowest BCUT2D eigenvalue weighted by atomic mass is 10.1. The number of hydrogen-bond donors (Lipinski definition) is 0. The van der Waals surface area contributed by atoms with E-state index in [0.29, 0.717) is 16.9 Å². The number of fused-ring (bicyclic) bond motifs is 1. The van der Waals surface area contributed by atoms with Crippen molar-refractivity contribution in [3.63, 3.8) is 0 Å². The lowest BCUT2D eigenvalue weighted by Crippen LogP contribution is -2.28. The van der Waals surface area contributed by atoms with Crippen LogP contribution in [0.4, 0.5) is 0 Å². The van der Waals surface area contributed by atoms with Crippen LogP contribution in [-0.4, -0.2) is 21.2 Å². The number of rotatable bonds is 6. The van der Waals surface area contributed by atoms with E-state index in [1.807, 2.05) is 44.2 Å². The fraction of sp³-hybridized carbons (Fsp3) is 0.238. The fourth-order valence-electron chi connectivity index (χ4n) is 2.83. The largest absolute Gasteiger partial charge is 0.494 e. The Morgan fingerprint density at radius 2 is 1.97 bits per heavy atom. The topological polar surface area (TPSA) is 86.7 Å². The Labute approximate surface area is 169 Å². The molecule has 0 radical (unpaired) electrons. The smallest absolute Gasteiger partial charge is 0.296 e. The van der Waals surface area contributed by atoms with Crippen LogP contribution >= 0.6 is 11.3 Å². The molecule has 3 aromatic heterocycles. The number of aryl methyl sites for hydroxylation is 1. The quantitative estimate of drug-likeness (QED) is 0.486. The monoisotopic (exact) mass is 409 g/mol. The third-order valence-electron chi connectivity index (χ3n) is 4.25. The predicted octanol–water partition coefficient (Wildman–Crippen LogP) is 2.34. The molecule has 0 aliphatic carbocycles. The summed E-state index contributed by atoms with van der Waals surface area (Å²) in [4.78, 5) is 29.4. The van der Waals surface area contributed by atoms with Gasteiger partial charge in [0.1, 0.15) is 27.5 Å². The van der Waals surface area contributed by atoms with Gasteiger partial charge < -0.3 is 9.15 Å². The maximum absolute atomic E-state index is 12.7. The Kier molecular flexibility index (Phi) is 5.26. The molecular formula is C21H19N3O4S. The van der Waals surface area contributed by atoms with Crippen LogP contribution in [0, 0.1) is 6.92 Å². The molecule has 4 rings (SSSR count). The SMILES string of the molecule is CCCOc1ccc(Cc2nn3c(=O)/c(=C/c4ccc(C)o4)sc3nc2=O)cc1. The van der Waals surface area contributed by atoms with Gasteiger partial charge >= 0.3 is 0 Å². The highest BCUT2D eigenvalue weighted by atomic mass is 32.1. The molecule has 0 unspecified atom stereocenters. The van der Waals surface area contributed by atoms with Gasteiger partial charge in [0.05, 0.1) is 6.61 Å².